The molecule has 1 amide bonds. The molecule has 0 saturated heterocycles. The Morgan fingerprint density at radius 2 is 1.87 bits per heavy atom. The van der Waals surface area contributed by atoms with Crippen LogP contribution in [0.1, 0.15) is 48.7 Å². The van der Waals surface area contributed by atoms with E-state index >= 15 is 0 Å². The maximum Gasteiger partial charge on any atom is 0.274 e. The number of rotatable bonds is 3. The summed E-state index contributed by atoms with van der Waals surface area (Å²) in [7, 11) is -3.68. The molecule has 0 radical (unpaired) electrons. The van der Waals surface area contributed by atoms with Crippen LogP contribution in [0.4, 0.5) is 14.5 Å². The van der Waals surface area contributed by atoms with Gasteiger partial charge in [-0.1, -0.05) is 12.8 Å². The molecular weight excluding hydrogens is 426 g/mol. The summed E-state index contributed by atoms with van der Waals surface area (Å²) in [6.07, 6.45) is 3.25. The van der Waals surface area contributed by atoms with Crippen molar-refractivity contribution in [3.63, 3.8) is 0 Å². The molecule has 1 aromatic carbocycles. The maximum atomic E-state index is 14.8. The summed E-state index contributed by atoms with van der Waals surface area (Å²) < 4.78 is 53.0. The average Bonchev–Trinajstić information content (AvgIpc) is 3.20. The Hall–Kier alpha value is -2.88. The number of nitrogens with two attached hydrogens (primary N) is 1. The van der Waals surface area contributed by atoms with E-state index in [1.165, 1.54) is 25.1 Å². The highest BCUT2D eigenvalue weighted by molar-refractivity contribution is 7.93. The number of halogens is 2. The molecule has 2 heterocycles. The molecule has 1 unspecified atom stereocenters. The normalized spacial score (nSPS) is 24.0. The second-order valence-corrected chi connectivity index (χ2v) is 10.5. The second-order valence-electron chi connectivity index (χ2n) is 8.24. The van der Waals surface area contributed by atoms with Crippen LogP contribution in [0.3, 0.4) is 0 Å². The molecule has 1 aromatic heterocycles. The van der Waals surface area contributed by atoms with Crippen molar-refractivity contribution >= 4 is 27.3 Å². The van der Waals surface area contributed by atoms with Crippen molar-refractivity contribution in [2.45, 2.75) is 42.9 Å². The zero-order valence-corrected chi connectivity index (χ0v) is 17.7. The van der Waals surface area contributed by atoms with Crippen LogP contribution >= 0.6 is 0 Å². The molecule has 1 saturated carbocycles. The fraction of sp³-hybridized carbons (Fsp3) is 0.381. The van der Waals surface area contributed by atoms with Crippen LogP contribution in [0.15, 0.2) is 41.5 Å². The van der Waals surface area contributed by atoms with Gasteiger partial charge < -0.3 is 11.1 Å². The third-order valence-corrected chi connectivity index (χ3v) is 8.83. The van der Waals surface area contributed by atoms with Crippen molar-refractivity contribution in [1.29, 1.82) is 0 Å². The van der Waals surface area contributed by atoms with Crippen LogP contribution in [-0.4, -0.2) is 35.6 Å². The van der Waals surface area contributed by atoms with Crippen molar-refractivity contribution < 1.29 is 22.0 Å². The molecule has 2 aromatic rings. The van der Waals surface area contributed by atoms with E-state index in [0.717, 1.165) is 31.2 Å². The van der Waals surface area contributed by atoms with Crippen molar-refractivity contribution in [2.24, 2.45) is 10.7 Å². The highest BCUT2D eigenvalue weighted by atomic mass is 32.2. The summed E-state index contributed by atoms with van der Waals surface area (Å²) in [5.41, 5.74) is 4.94. The molecule has 2 aliphatic rings. The van der Waals surface area contributed by atoms with Gasteiger partial charge in [0.1, 0.15) is 33.4 Å². The van der Waals surface area contributed by atoms with Gasteiger partial charge in [-0.05, 0) is 50.1 Å². The summed E-state index contributed by atoms with van der Waals surface area (Å²) >= 11 is 0. The summed E-state index contributed by atoms with van der Waals surface area (Å²) in [5.74, 6) is -2.22. The van der Waals surface area contributed by atoms with E-state index in [-0.39, 0.29) is 28.5 Å². The topological polar surface area (TPSA) is 115 Å². The van der Waals surface area contributed by atoms with Gasteiger partial charge in [0.2, 0.25) is 0 Å². The molecule has 1 aliphatic heterocycles. The SMILES string of the molecule is CC1(c2cc(NC(=O)c3ccc(F)cn3)ccc2F)CS(=O)(=O)C2(CCCC2)C(N)=N1. The van der Waals surface area contributed by atoms with Gasteiger partial charge in [-0.15, -0.1) is 0 Å². The lowest BCUT2D eigenvalue weighted by atomic mass is 9.92. The van der Waals surface area contributed by atoms with Gasteiger partial charge in [-0.3, -0.25) is 9.79 Å². The van der Waals surface area contributed by atoms with Crippen molar-refractivity contribution in [3.8, 4) is 0 Å². The molecule has 164 valence electrons. The van der Waals surface area contributed by atoms with Crippen molar-refractivity contribution in [2.75, 3.05) is 11.1 Å². The van der Waals surface area contributed by atoms with Gasteiger partial charge >= 0.3 is 0 Å². The minimum atomic E-state index is -3.68. The first kappa shape index (κ1) is 21.4. The van der Waals surface area contributed by atoms with Gasteiger partial charge in [-0.2, -0.15) is 0 Å². The Labute approximate surface area is 178 Å². The number of anilines is 1. The molecule has 4 rings (SSSR count). The molecule has 0 bridgehead atoms. The fourth-order valence-corrected chi connectivity index (χ4v) is 6.95. The van der Waals surface area contributed by atoms with Crippen LogP contribution in [-0.2, 0) is 15.4 Å². The molecule has 31 heavy (non-hydrogen) atoms. The number of nitrogens with zero attached hydrogens (tertiary/aromatic N) is 2. The van der Waals surface area contributed by atoms with Gasteiger partial charge in [0.25, 0.3) is 5.91 Å². The number of amidine groups is 1. The molecule has 1 spiro atoms. The Kier molecular flexibility index (Phi) is 5.07. The highest BCUT2D eigenvalue weighted by Gasteiger charge is 2.56. The monoisotopic (exact) mass is 448 g/mol. The second kappa shape index (κ2) is 7.37. The molecule has 7 nitrogen and oxygen atoms in total. The van der Waals surface area contributed by atoms with E-state index in [1.54, 1.807) is 0 Å². The van der Waals surface area contributed by atoms with Crippen LogP contribution in [0.5, 0.6) is 0 Å². The largest absolute Gasteiger partial charge is 0.386 e. The first-order valence-corrected chi connectivity index (χ1v) is 11.5. The maximum absolute atomic E-state index is 14.8. The molecule has 3 N–H and O–H groups in total. The number of carbonyl (C=O) groups excluding carboxylic acids is 1. The van der Waals surface area contributed by atoms with Gasteiger partial charge in [0.05, 0.1) is 11.9 Å². The third kappa shape index (κ3) is 3.58. The van der Waals surface area contributed by atoms with E-state index in [2.05, 4.69) is 15.3 Å². The lowest BCUT2D eigenvalue weighted by Gasteiger charge is -2.39. The smallest absolute Gasteiger partial charge is 0.274 e. The van der Waals surface area contributed by atoms with Crippen LogP contribution in [0.2, 0.25) is 0 Å². The Bertz CT molecular complexity index is 1180. The molecule has 1 aliphatic carbocycles. The Morgan fingerprint density at radius 1 is 1.16 bits per heavy atom. The minimum absolute atomic E-state index is 0.0109. The zero-order chi connectivity index (χ0) is 22.4. The number of aliphatic imine (C=N–C) groups is 1. The number of aromatic nitrogens is 1. The summed E-state index contributed by atoms with van der Waals surface area (Å²) in [6.45, 7) is 1.52. The first-order valence-electron chi connectivity index (χ1n) is 9.87. The highest BCUT2D eigenvalue weighted by Crippen LogP contribution is 2.45. The van der Waals surface area contributed by atoms with E-state index in [1.807, 2.05) is 0 Å². The van der Waals surface area contributed by atoms with Crippen LogP contribution < -0.4 is 11.1 Å². The van der Waals surface area contributed by atoms with Crippen molar-refractivity contribution in [1.82, 2.24) is 4.98 Å². The summed E-state index contributed by atoms with van der Waals surface area (Å²) in [5, 5.41) is 2.56. The quantitative estimate of drug-likeness (QED) is 0.749. The molecule has 1 fully saturated rings. The average molecular weight is 448 g/mol. The summed E-state index contributed by atoms with van der Waals surface area (Å²) in [4.78, 5) is 20.6. The number of sulfone groups is 1. The fourth-order valence-electron chi connectivity index (χ4n) is 4.44. The molecule has 1 atom stereocenters. The van der Waals surface area contributed by atoms with Gasteiger partial charge in [-0.25, -0.2) is 22.2 Å². The van der Waals surface area contributed by atoms with E-state index in [9.17, 15) is 22.0 Å². The number of pyridine rings is 1. The Balaban J connectivity index is 1.69. The van der Waals surface area contributed by atoms with Gasteiger partial charge in [0.15, 0.2) is 9.84 Å². The molecular formula is C21H22F2N4O3S. The van der Waals surface area contributed by atoms with E-state index in [0.29, 0.717) is 12.8 Å². The number of hydrogen-bond acceptors (Lipinski definition) is 6. The third-order valence-electron chi connectivity index (χ3n) is 6.08. The standard InChI is InChI=1S/C21H22F2N4O3S/c1-20(12-31(29,30)21(19(24)27-20)8-2-3-9-21)15-10-14(5-6-16(15)23)26-18(28)17-7-4-13(22)11-25-17/h4-7,10-11H,2-3,8-9,12H2,1H3,(H2,24,27)(H,26,28). The lowest BCUT2D eigenvalue weighted by Crippen LogP contribution is -2.56. The Morgan fingerprint density at radius 3 is 2.48 bits per heavy atom. The first-order chi connectivity index (χ1) is 14.6. The number of amides is 1. The predicted octanol–water partition coefficient (Wildman–Crippen LogP) is 2.93. The number of nitrogens with one attached hydrogen (secondary N) is 1. The van der Waals surface area contributed by atoms with E-state index < -0.39 is 37.7 Å². The lowest BCUT2D eigenvalue weighted by molar-refractivity contribution is 0.102. The summed E-state index contributed by atoms with van der Waals surface area (Å²) in [6, 6.07) is 6.13. The molecule has 10 heteroatoms. The number of benzene rings is 1. The minimum Gasteiger partial charge on any atom is -0.386 e. The zero-order valence-electron chi connectivity index (χ0n) is 16.9. The number of hydrogen-bond donors (Lipinski definition) is 2. The van der Waals surface area contributed by atoms with Crippen molar-refractivity contribution in [3.05, 3.63) is 59.4 Å². The van der Waals surface area contributed by atoms with Crippen LogP contribution in [0.25, 0.3) is 0 Å². The van der Waals surface area contributed by atoms with E-state index in [4.69, 9.17) is 5.73 Å². The predicted molar refractivity (Wildman–Crippen MR) is 113 cm³/mol. The van der Waals surface area contributed by atoms with Gasteiger partial charge in [0, 0.05) is 11.3 Å². The van der Waals surface area contributed by atoms with Crippen LogP contribution in [0, 0.1) is 11.6 Å². The number of carbonyl (C=O) groups is 1.